The molecule has 4 nitrogen and oxygen atoms in total. The summed E-state index contributed by atoms with van der Waals surface area (Å²) in [5.41, 5.74) is 2.85. The number of benzene rings is 2. The number of aryl methyl sites for hydroxylation is 1. The normalized spacial score (nSPS) is 16.5. The van der Waals surface area contributed by atoms with Gasteiger partial charge in [0.15, 0.2) is 0 Å². The van der Waals surface area contributed by atoms with Crippen molar-refractivity contribution >= 4 is 15.8 Å². The van der Waals surface area contributed by atoms with Gasteiger partial charge in [-0.3, -0.25) is 4.28 Å². The van der Waals surface area contributed by atoms with Gasteiger partial charge in [0.1, 0.15) is 4.90 Å². The summed E-state index contributed by atoms with van der Waals surface area (Å²) < 4.78 is 29.0. The molecule has 0 N–H and O–H groups in total. The molecule has 0 spiro atoms. The van der Waals surface area contributed by atoms with Crippen molar-refractivity contribution in [2.24, 2.45) is 5.16 Å². The van der Waals surface area contributed by atoms with Crippen LogP contribution in [0.25, 0.3) is 0 Å². The Balaban J connectivity index is 1.88. The van der Waals surface area contributed by atoms with E-state index >= 15 is 0 Å². The molecular weight excluding hydrogens is 286 g/mol. The van der Waals surface area contributed by atoms with Gasteiger partial charge in [-0.05, 0) is 37.0 Å². The van der Waals surface area contributed by atoms with Gasteiger partial charge < -0.3 is 0 Å². The van der Waals surface area contributed by atoms with E-state index in [1.165, 1.54) is 17.7 Å². The van der Waals surface area contributed by atoms with Gasteiger partial charge in [0.05, 0.1) is 5.71 Å². The topological polar surface area (TPSA) is 55.7 Å². The van der Waals surface area contributed by atoms with Gasteiger partial charge in [0.2, 0.25) is 0 Å². The van der Waals surface area contributed by atoms with Crippen LogP contribution in [0.15, 0.2) is 64.6 Å². The lowest BCUT2D eigenvalue weighted by Crippen LogP contribution is -2.13. The van der Waals surface area contributed by atoms with Gasteiger partial charge in [-0.25, -0.2) is 0 Å². The number of oxime groups is 1. The summed E-state index contributed by atoms with van der Waals surface area (Å²) in [7, 11) is -3.85. The third-order valence-electron chi connectivity index (χ3n) is 3.47. The minimum absolute atomic E-state index is 0.110. The molecule has 21 heavy (non-hydrogen) atoms. The summed E-state index contributed by atoms with van der Waals surface area (Å²) in [5, 5.41) is 3.90. The van der Waals surface area contributed by atoms with Crippen LogP contribution >= 0.6 is 0 Å². The zero-order valence-electron chi connectivity index (χ0n) is 11.4. The van der Waals surface area contributed by atoms with Gasteiger partial charge in [0.25, 0.3) is 0 Å². The maximum Gasteiger partial charge on any atom is 0.358 e. The third-order valence-corrected chi connectivity index (χ3v) is 4.59. The highest BCUT2D eigenvalue weighted by atomic mass is 32.2. The molecule has 0 bridgehead atoms. The van der Waals surface area contributed by atoms with Crippen molar-refractivity contribution in [2.75, 3.05) is 0 Å². The highest BCUT2D eigenvalue weighted by Gasteiger charge is 2.19. The molecule has 108 valence electrons. The van der Waals surface area contributed by atoms with Crippen molar-refractivity contribution in [3.63, 3.8) is 0 Å². The number of fused-ring (bicyclic) bond motifs is 1. The number of hydrogen-bond donors (Lipinski definition) is 0. The standard InChI is InChI=1S/C16H15NO3S/c18-21(19,14-9-2-1-3-10-14)20-17-16-12-6-8-13-7-4-5-11-15(13)16/h1-5,7,9-11H,6,8,12H2. The molecular formula is C16H15NO3S. The van der Waals surface area contributed by atoms with Crippen molar-refractivity contribution in [1.82, 2.24) is 0 Å². The zero-order chi connectivity index (χ0) is 14.7. The maximum absolute atomic E-state index is 12.1. The largest absolute Gasteiger partial charge is 0.358 e. The van der Waals surface area contributed by atoms with Crippen LogP contribution in [-0.4, -0.2) is 14.1 Å². The molecule has 0 heterocycles. The first kappa shape index (κ1) is 13.8. The van der Waals surface area contributed by atoms with E-state index in [0.29, 0.717) is 5.71 Å². The molecule has 0 radical (unpaired) electrons. The van der Waals surface area contributed by atoms with Crippen LogP contribution in [0.2, 0.25) is 0 Å². The Kier molecular flexibility index (Phi) is 3.75. The summed E-state index contributed by atoms with van der Waals surface area (Å²) in [6.45, 7) is 0. The number of nitrogens with zero attached hydrogens (tertiary/aromatic N) is 1. The molecule has 2 aromatic rings. The van der Waals surface area contributed by atoms with Gasteiger partial charge >= 0.3 is 10.1 Å². The van der Waals surface area contributed by atoms with E-state index < -0.39 is 10.1 Å². The summed E-state index contributed by atoms with van der Waals surface area (Å²) in [6, 6.07) is 15.9. The summed E-state index contributed by atoms with van der Waals surface area (Å²) in [5.74, 6) is 0. The Labute approximate surface area is 124 Å². The Morgan fingerprint density at radius 3 is 2.43 bits per heavy atom. The third kappa shape index (κ3) is 2.97. The molecule has 3 rings (SSSR count). The molecule has 0 saturated heterocycles. The van der Waals surface area contributed by atoms with Crippen molar-refractivity contribution in [2.45, 2.75) is 24.2 Å². The van der Waals surface area contributed by atoms with Gasteiger partial charge in [-0.15, -0.1) is 0 Å². The lowest BCUT2D eigenvalue weighted by molar-refractivity contribution is 0.337. The fourth-order valence-corrected chi connectivity index (χ4v) is 3.18. The van der Waals surface area contributed by atoms with Crippen LogP contribution in [0.5, 0.6) is 0 Å². The van der Waals surface area contributed by atoms with Crippen molar-refractivity contribution < 1.29 is 12.7 Å². The van der Waals surface area contributed by atoms with Gasteiger partial charge in [0, 0.05) is 5.56 Å². The smallest absolute Gasteiger partial charge is 0.264 e. The summed E-state index contributed by atoms with van der Waals surface area (Å²) in [4.78, 5) is 0.110. The fourth-order valence-electron chi connectivity index (χ4n) is 2.42. The Bertz CT molecular complexity index is 767. The van der Waals surface area contributed by atoms with Crippen LogP contribution in [0.4, 0.5) is 0 Å². The summed E-state index contributed by atoms with van der Waals surface area (Å²) >= 11 is 0. The SMILES string of the molecule is O=S(=O)(ON=C1CCCc2ccccc21)c1ccccc1. The van der Waals surface area contributed by atoms with Crippen LogP contribution in [-0.2, 0) is 20.8 Å². The average Bonchev–Trinajstić information content (AvgIpc) is 2.54. The molecule has 2 aromatic carbocycles. The first-order valence-corrected chi connectivity index (χ1v) is 8.21. The molecule has 0 saturated carbocycles. The number of rotatable bonds is 3. The molecule has 0 unspecified atom stereocenters. The Hall–Kier alpha value is -2.14. The highest BCUT2D eigenvalue weighted by Crippen LogP contribution is 2.22. The first-order chi connectivity index (χ1) is 10.2. The minimum atomic E-state index is -3.85. The van der Waals surface area contributed by atoms with E-state index in [9.17, 15) is 8.42 Å². The lowest BCUT2D eigenvalue weighted by atomic mass is 9.90. The predicted molar refractivity (Wildman–Crippen MR) is 80.6 cm³/mol. The molecule has 1 aliphatic carbocycles. The second kappa shape index (κ2) is 5.69. The van der Waals surface area contributed by atoms with E-state index in [1.54, 1.807) is 18.2 Å². The highest BCUT2D eigenvalue weighted by molar-refractivity contribution is 7.86. The van der Waals surface area contributed by atoms with Crippen molar-refractivity contribution in [1.29, 1.82) is 0 Å². The lowest BCUT2D eigenvalue weighted by Gasteiger charge is -2.16. The second-order valence-corrected chi connectivity index (χ2v) is 6.42. The van der Waals surface area contributed by atoms with E-state index in [4.69, 9.17) is 4.28 Å². The van der Waals surface area contributed by atoms with Gasteiger partial charge in [-0.1, -0.05) is 47.6 Å². The molecule has 0 atom stereocenters. The van der Waals surface area contributed by atoms with E-state index in [1.807, 2.05) is 24.3 Å². The van der Waals surface area contributed by atoms with Gasteiger partial charge in [-0.2, -0.15) is 8.42 Å². The Morgan fingerprint density at radius 2 is 1.62 bits per heavy atom. The number of hydrogen-bond acceptors (Lipinski definition) is 4. The second-order valence-electron chi connectivity index (χ2n) is 4.89. The van der Waals surface area contributed by atoms with E-state index in [0.717, 1.165) is 24.8 Å². The van der Waals surface area contributed by atoms with Crippen LogP contribution < -0.4 is 0 Å². The monoisotopic (exact) mass is 301 g/mol. The minimum Gasteiger partial charge on any atom is -0.264 e. The predicted octanol–water partition coefficient (Wildman–Crippen LogP) is 3.13. The van der Waals surface area contributed by atoms with E-state index in [-0.39, 0.29) is 4.90 Å². The molecule has 1 aliphatic rings. The van der Waals surface area contributed by atoms with Crippen molar-refractivity contribution in [3.8, 4) is 0 Å². The molecule has 5 heteroatoms. The molecule has 0 aliphatic heterocycles. The van der Waals surface area contributed by atoms with Crippen LogP contribution in [0.1, 0.15) is 24.0 Å². The Morgan fingerprint density at radius 1 is 0.905 bits per heavy atom. The van der Waals surface area contributed by atoms with Crippen molar-refractivity contribution in [3.05, 3.63) is 65.7 Å². The van der Waals surface area contributed by atoms with E-state index in [2.05, 4.69) is 5.16 Å². The van der Waals surface area contributed by atoms with Crippen LogP contribution in [0.3, 0.4) is 0 Å². The molecule has 0 amide bonds. The quantitative estimate of drug-likeness (QED) is 0.818. The first-order valence-electron chi connectivity index (χ1n) is 6.81. The fraction of sp³-hybridized carbons (Fsp3) is 0.188. The average molecular weight is 301 g/mol. The van der Waals surface area contributed by atoms with Crippen LogP contribution in [0, 0.1) is 0 Å². The maximum atomic E-state index is 12.1. The molecule has 0 aromatic heterocycles. The zero-order valence-corrected chi connectivity index (χ0v) is 12.2. The molecule has 0 fully saturated rings. The summed E-state index contributed by atoms with van der Waals surface area (Å²) in [6.07, 6.45) is 2.66.